The third-order valence-corrected chi connectivity index (χ3v) is 9.52. The molecule has 2 fully saturated rings. The van der Waals surface area contributed by atoms with Gasteiger partial charge in [0.2, 0.25) is 11.8 Å². The van der Waals surface area contributed by atoms with Crippen molar-refractivity contribution in [1.82, 2.24) is 24.8 Å². The number of ether oxygens (including phenoxy) is 1. The molecular formula is C29H33ClF5N5O5. The largest absolute Gasteiger partial charge is 0.487 e. The first-order valence-electron chi connectivity index (χ1n) is 14.7. The minimum atomic E-state index is -4.81. The molecule has 0 radical (unpaired) electrons. The van der Waals surface area contributed by atoms with E-state index in [0.29, 0.717) is 61.2 Å². The van der Waals surface area contributed by atoms with Gasteiger partial charge in [0.25, 0.3) is 6.43 Å². The Hall–Kier alpha value is -3.49. The fraction of sp³-hybridized carbons (Fsp3) is 0.621. The van der Waals surface area contributed by atoms with Gasteiger partial charge >= 0.3 is 12.1 Å². The van der Waals surface area contributed by atoms with E-state index in [9.17, 15) is 41.4 Å². The van der Waals surface area contributed by atoms with E-state index in [2.05, 4.69) is 10.3 Å². The van der Waals surface area contributed by atoms with Gasteiger partial charge in [-0.15, -0.1) is 5.10 Å². The number of carbonyl (C=O) groups excluding carboxylic acids is 2. The summed E-state index contributed by atoms with van der Waals surface area (Å²) in [5.74, 6) is -2.25. The quantitative estimate of drug-likeness (QED) is 0.361. The number of carboxylic acid groups (broad SMARTS) is 1. The van der Waals surface area contributed by atoms with Crippen molar-refractivity contribution in [2.45, 2.75) is 83.7 Å². The summed E-state index contributed by atoms with van der Waals surface area (Å²) in [6, 6.07) is 2.19. The fourth-order valence-corrected chi connectivity index (χ4v) is 7.04. The fourth-order valence-electron chi connectivity index (χ4n) is 6.78. The van der Waals surface area contributed by atoms with Crippen LogP contribution >= 0.6 is 11.6 Å². The van der Waals surface area contributed by atoms with Crippen LogP contribution in [-0.2, 0) is 34.0 Å². The summed E-state index contributed by atoms with van der Waals surface area (Å²) < 4.78 is 72.6. The van der Waals surface area contributed by atoms with E-state index in [0.717, 1.165) is 0 Å². The van der Waals surface area contributed by atoms with E-state index in [1.54, 1.807) is 16.7 Å². The van der Waals surface area contributed by atoms with Crippen molar-refractivity contribution in [3.05, 3.63) is 39.7 Å². The van der Waals surface area contributed by atoms with Crippen LogP contribution in [0.4, 0.5) is 22.0 Å². The first-order valence-corrected chi connectivity index (χ1v) is 15.1. The maximum atomic E-state index is 14.2. The smallest absolute Gasteiger partial charge is 0.408 e. The molecular weight excluding hydrogens is 629 g/mol. The number of halogens is 6. The average molecular weight is 662 g/mol. The number of aliphatic carboxylic acids is 1. The van der Waals surface area contributed by atoms with Gasteiger partial charge in [-0.3, -0.25) is 14.4 Å². The number of carboxylic acids is 1. The number of hydrogen-bond acceptors (Lipinski definition) is 6. The second-order valence-electron chi connectivity index (χ2n) is 12.0. The van der Waals surface area contributed by atoms with Crippen LogP contribution in [0, 0.1) is 11.3 Å². The van der Waals surface area contributed by atoms with E-state index in [-0.39, 0.29) is 41.8 Å². The summed E-state index contributed by atoms with van der Waals surface area (Å²) in [6.45, 7) is -0.139. The summed E-state index contributed by atoms with van der Waals surface area (Å²) >= 11 is 6.59. The number of likely N-dealkylation sites (tertiary alicyclic amines) is 1. The maximum Gasteiger partial charge on any atom is 0.408 e. The molecule has 2 aliphatic heterocycles. The van der Waals surface area contributed by atoms with Crippen molar-refractivity contribution >= 4 is 29.4 Å². The number of amides is 2. The van der Waals surface area contributed by atoms with Crippen LogP contribution in [-0.4, -0.2) is 73.5 Å². The second-order valence-corrected chi connectivity index (χ2v) is 12.4. The average Bonchev–Trinajstić information content (AvgIpc) is 3.56. The lowest BCUT2D eigenvalue weighted by atomic mass is 9.66. The monoisotopic (exact) mass is 661 g/mol. The molecule has 1 N–H and O–H groups in total. The molecule has 5 rings (SSSR count). The first-order chi connectivity index (χ1) is 21.2. The Labute approximate surface area is 260 Å². The van der Waals surface area contributed by atoms with E-state index >= 15 is 0 Å². The molecule has 246 valence electrons. The molecule has 1 aromatic carbocycles. The van der Waals surface area contributed by atoms with Gasteiger partial charge in [0.15, 0.2) is 0 Å². The predicted molar refractivity (Wildman–Crippen MR) is 148 cm³/mol. The Morgan fingerprint density at radius 3 is 2.58 bits per heavy atom. The van der Waals surface area contributed by atoms with Gasteiger partial charge in [-0.05, 0) is 50.3 Å². The van der Waals surface area contributed by atoms with Crippen molar-refractivity contribution in [3.63, 3.8) is 0 Å². The molecule has 0 unspecified atom stereocenters. The minimum Gasteiger partial charge on any atom is -0.487 e. The third-order valence-electron chi connectivity index (χ3n) is 9.16. The summed E-state index contributed by atoms with van der Waals surface area (Å²) in [5, 5.41) is 17.2. The van der Waals surface area contributed by atoms with Gasteiger partial charge in [0.1, 0.15) is 30.3 Å². The van der Waals surface area contributed by atoms with Crippen molar-refractivity contribution in [2.75, 3.05) is 19.6 Å². The molecule has 2 aromatic rings. The Morgan fingerprint density at radius 1 is 1.18 bits per heavy atom. The second kappa shape index (κ2) is 12.7. The summed E-state index contributed by atoms with van der Waals surface area (Å²) in [7, 11) is 0. The summed E-state index contributed by atoms with van der Waals surface area (Å²) in [6.07, 6.45) is -4.85. The van der Waals surface area contributed by atoms with Crippen LogP contribution in [0.5, 0.6) is 5.75 Å². The maximum absolute atomic E-state index is 14.2. The number of benzene rings is 1. The number of hydrogen-bond donors (Lipinski definition) is 1. The highest BCUT2D eigenvalue weighted by Gasteiger charge is 2.50. The zero-order chi connectivity index (χ0) is 32.7. The predicted octanol–water partition coefficient (Wildman–Crippen LogP) is 5.34. The Morgan fingerprint density at radius 2 is 1.93 bits per heavy atom. The number of carbonyl (C=O) groups is 3. The lowest BCUT2D eigenvalue weighted by Crippen LogP contribution is -2.52. The number of aromatic nitrogens is 3. The van der Waals surface area contributed by atoms with Gasteiger partial charge < -0.3 is 19.6 Å². The van der Waals surface area contributed by atoms with Crippen LogP contribution in [0.25, 0.3) is 0 Å². The summed E-state index contributed by atoms with van der Waals surface area (Å²) in [5.41, 5.74) is -1.78. The van der Waals surface area contributed by atoms with Gasteiger partial charge in [-0.1, -0.05) is 29.7 Å². The number of rotatable bonds is 9. The normalized spacial score (nSPS) is 23.9. The first kappa shape index (κ1) is 32.9. The molecule has 3 heterocycles. The van der Waals surface area contributed by atoms with Crippen molar-refractivity contribution in [3.8, 4) is 5.75 Å². The lowest BCUT2D eigenvalue weighted by molar-refractivity contribution is -0.162. The molecule has 10 nitrogen and oxygen atoms in total. The van der Waals surface area contributed by atoms with E-state index in [1.165, 1.54) is 12.1 Å². The van der Waals surface area contributed by atoms with Crippen LogP contribution in [0.15, 0.2) is 12.1 Å². The molecule has 1 aromatic heterocycles. The Balaban J connectivity index is 1.52. The standard InChI is InChI=1S/C29H33ClF5N5O5/c1-28(27(43)44)10-3-2-5-17(28)26(42)39-12-9-16-18(30)7-8-21(23(16)20(39)13-38-11-4-6-22(38)41)45-14-19-24(25(31)32)40(37-36-19)15-29(33,34)35/h7-8,17,20,25H,2-6,9-15H2,1H3,(H,43,44)/t17-,20+,28-/m0/s1. The SMILES string of the molecule is C[C@]1(C(=O)O)CCCC[C@H]1C(=O)N1CCc2c(Cl)ccc(OCc3nnn(CC(F)(F)F)c3C(F)F)c2[C@H]1CN1CCCC1=O. The van der Waals surface area contributed by atoms with Gasteiger partial charge in [0.05, 0.1) is 17.4 Å². The highest BCUT2D eigenvalue weighted by atomic mass is 35.5. The molecule has 3 aliphatic rings. The molecule has 45 heavy (non-hydrogen) atoms. The molecule has 1 saturated heterocycles. The highest BCUT2D eigenvalue weighted by Crippen LogP contribution is 2.46. The summed E-state index contributed by atoms with van der Waals surface area (Å²) in [4.78, 5) is 42.5. The van der Waals surface area contributed by atoms with E-state index in [1.807, 2.05) is 0 Å². The van der Waals surface area contributed by atoms with Crippen LogP contribution in [0.2, 0.25) is 5.02 Å². The Bertz CT molecular complexity index is 1470. The number of nitrogens with zero attached hydrogens (tertiary/aromatic N) is 5. The van der Waals surface area contributed by atoms with Crippen molar-refractivity contribution < 1.29 is 46.2 Å². The molecule has 1 aliphatic carbocycles. The molecule has 16 heteroatoms. The molecule has 0 bridgehead atoms. The van der Waals surface area contributed by atoms with E-state index in [4.69, 9.17) is 16.3 Å². The molecule has 2 amide bonds. The van der Waals surface area contributed by atoms with Gasteiger partial charge in [-0.25, -0.2) is 13.5 Å². The topological polar surface area (TPSA) is 118 Å². The van der Waals surface area contributed by atoms with Crippen LogP contribution in [0.1, 0.15) is 80.4 Å². The minimum absolute atomic E-state index is 0.0643. The third kappa shape index (κ3) is 6.59. The zero-order valence-corrected chi connectivity index (χ0v) is 25.2. The lowest BCUT2D eigenvalue weighted by Gasteiger charge is -2.45. The number of fused-ring (bicyclic) bond motifs is 1. The van der Waals surface area contributed by atoms with E-state index < -0.39 is 60.5 Å². The van der Waals surface area contributed by atoms with Gasteiger partial charge in [-0.2, -0.15) is 13.2 Å². The van der Waals surface area contributed by atoms with Gasteiger partial charge in [0, 0.05) is 36.6 Å². The molecule has 0 spiro atoms. The number of alkyl halides is 5. The van der Waals surface area contributed by atoms with Crippen LogP contribution < -0.4 is 4.74 Å². The Kier molecular flexibility index (Phi) is 9.30. The molecule has 1 saturated carbocycles. The molecule has 3 atom stereocenters. The van der Waals surface area contributed by atoms with Crippen molar-refractivity contribution in [2.24, 2.45) is 11.3 Å². The highest BCUT2D eigenvalue weighted by molar-refractivity contribution is 6.31. The van der Waals surface area contributed by atoms with Crippen molar-refractivity contribution in [1.29, 1.82) is 0 Å². The zero-order valence-electron chi connectivity index (χ0n) is 24.5. The van der Waals surface area contributed by atoms with Crippen LogP contribution in [0.3, 0.4) is 0 Å².